The number of amides is 1. The highest BCUT2D eigenvalue weighted by Gasteiger charge is 2.32. The van der Waals surface area contributed by atoms with E-state index in [2.05, 4.69) is 52.1 Å². The fourth-order valence-corrected chi connectivity index (χ4v) is 3.29. The van der Waals surface area contributed by atoms with Gasteiger partial charge in [-0.25, -0.2) is 0 Å². The first-order chi connectivity index (χ1) is 9.77. The molecule has 1 amide bonds. The minimum Gasteiger partial charge on any atom is -0.326 e. The first kappa shape index (κ1) is 16.1. The number of nitrogens with one attached hydrogen (secondary N) is 1. The van der Waals surface area contributed by atoms with Crippen molar-refractivity contribution in [3.05, 3.63) is 29.3 Å². The quantitative estimate of drug-likeness (QED) is 0.806. The van der Waals surface area contributed by atoms with Gasteiger partial charge in [-0.2, -0.15) is 0 Å². The fourth-order valence-electron chi connectivity index (χ4n) is 3.29. The van der Waals surface area contributed by atoms with Gasteiger partial charge in [-0.3, -0.25) is 4.79 Å². The van der Waals surface area contributed by atoms with Crippen LogP contribution in [-0.4, -0.2) is 5.91 Å². The Morgan fingerprint density at radius 1 is 1.05 bits per heavy atom. The van der Waals surface area contributed by atoms with Crippen LogP contribution in [0.3, 0.4) is 0 Å². The van der Waals surface area contributed by atoms with Crippen molar-refractivity contribution in [1.82, 2.24) is 0 Å². The molecule has 0 spiro atoms. The van der Waals surface area contributed by atoms with Gasteiger partial charge in [-0.05, 0) is 74.1 Å². The number of carbonyl (C=O) groups excluding carboxylic acids is 1. The van der Waals surface area contributed by atoms with Crippen LogP contribution in [-0.2, 0) is 4.79 Å². The molecule has 0 aliphatic heterocycles. The fraction of sp³-hybridized carbons (Fsp3) is 0.632. The van der Waals surface area contributed by atoms with Crippen LogP contribution in [0, 0.1) is 31.1 Å². The largest absolute Gasteiger partial charge is 0.326 e. The molecule has 2 rings (SSSR count). The number of carbonyl (C=O) groups is 1. The molecule has 0 saturated heterocycles. The van der Waals surface area contributed by atoms with Crippen LogP contribution in [0.4, 0.5) is 5.69 Å². The molecule has 0 aromatic heterocycles. The SMILES string of the molecule is Cc1ccc(NC(=O)C2CCC(C(C)(C)C)CC2)cc1C. The Labute approximate surface area is 129 Å². The molecule has 0 radical (unpaired) electrons. The summed E-state index contributed by atoms with van der Waals surface area (Å²) < 4.78 is 0. The first-order valence-corrected chi connectivity index (χ1v) is 8.15. The highest BCUT2D eigenvalue weighted by Crippen LogP contribution is 2.40. The van der Waals surface area contributed by atoms with Crippen LogP contribution in [0.2, 0.25) is 0 Å². The number of aryl methyl sites for hydroxylation is 2. The molecule has 0 unspecified atom stereocenters. The second-order valence-corrected chi connectivity index (χ2v) is 7.70. The smallest absolute Gasteiger partial charge is 0.227 e. The number of hydrogen-bond acceptors (Lipinski definition) is 1. The molecule has 1 aliphatic rings. The Morgan fingerprint density at radius 2 is 1.67 bits per heavy atom. The van der Waals surface area contributed by atoms with Crippen LogP contribution in [0.5, 0.6) is 0 Å². The Kier molecular flexibility index (Phi) is 4.75. The van der Waals surface area contributed by atoms with Crippen LogP contribution in [0.25, 0.3) is 0 Å². The minimum atomic E-state index is 0.185. The lowest BCUT2D eigenvalue weighted by Gasteiger charge is -2.36. The zero-order valence-corrected chi connectivity index (χ0v) is 14.1. The lowest BCUT2D eigenvalue weighted by molar-refractivity contribution is -0.121. The van der Waals surface area contributed by atoms with Crippen molar-refractivity contribution in [2.45, 2.75) is 60.3 Å². The van der Waals surface area contributed by atoms with Gasteiger partial charge in [0.05, 0.1) is 0 Å². The third-order valence-electron chi connectivity index (χ3n) is 5.10. The van der Waals surface area contributed by atoms with E-state index in [1.807, 2.05) is 6.07 Å². The van der Waals surface area contributed by atoms with Crippen LogP contribution < -0.4 is 5.32 Å². The molecule has 1 saturated carbocycles. The van der Waals surface area contributed by atoms with Gasteiger partial charge in [0.1, 0.15) is 0 Å². The van der Waals surface area contributed by atoms with E-state index in [-0.39, 0.29) is 11.8 Å². The van der Waals surface area contributed by atoms with Gasteiger partial charge in [0, 0.05) is 11.6 Å². The molecule has 21 heavy (non-hydrogen) atoms. The zero-order valence-electron chi connectivity index (χ0n) is 14.1. The molecule has 2 heteroatoms. The zero-order chi connectivity index (χ0) is 15.6. The van der Waals surface area contributed by atoms with E-state index >= 15 is 0 Å². The van der Waals surface area contributed by atoms with Crippen molar-refractivity contribution in [1.29, 1.82) is 0 Å². The molecular weight excluding hydrogens is 258 g/mol. The summed E-state index contributed by atoms with van der Waals surface area (Å²) in [6.45, 7) is 11.1. The maximum absolute atomic E-state index is 12.4. The molecular formula is C19H29NO. The van der Waals surface area contributed by atoms with Crippen molar-refractivity contribution in [2.24, 2.45) is 17.3 Å². The lowest BCUT2D eigenvalue weighted by Crippen LogP contribution is -2.31. The average molecular weight is 287 g/mol. The molecule has 0 heterocycles. The molecule has 1 N–H and O–H groups in total. The van der Waals surface area contributed by atoms with Crippen molar-refractivity contribution in [3.63, 3.8) is 0 Å². The van der Waals surface area contributed by atoms with Gasteiger partial charge in [-0.1, -0.05) is 26.8 Å². The normalized spacial score (nSPS) is 22.9. The van der Waals surface area contributed by atoms with Gasteiger partial charge < -0.3 is 5.32 Å². The molecule has 1 aliphatic carbocycles. The van der Waals surface area contributed by atoms with E-state index in [4.69, 9.17) is 0 Å². The van der Waals surface area contributed by atoms with Crippen molar-refractivity contribution < 1.29 is 4.79 Å². The van der Waals surface area contributed by atoms with Gasteiger partial charge in [0.2, 0.25) is 5.91 Å². The van der Waals surface area contributed by atoms with E-state index in [9.17, 15) is 4.79 Å². The second-order valence-electron chi connectivity index (χ2n) is 7.70. The van der Waals surface area contributed by atoms with Gasteiger partial charge in [-0.15, -0.1) is 0 Å². The van der Waals surface area contributed by atoms with Crippen molar-refractivity contribution >= 4 is 11.6 Å². The molecule has 0 atom stereocenters. The maximum atomic E-state index is 12.4. The number of rotatable bonds is 2. The van der Waals surface area contributed by atoms with Crippen molar-refractivity contribution in [2.75, 3.05) is 5.32 Å². The van der Waals surface area contributed by atoms with Crippen LogP contribution in [0.15, 0.2) is 18.2 Å². The highest BCUT2D eigenvalue weighted by atomic mass is 16.1. The predicted octanol–water partition coefficient (Wildman–Crippen LogP) is 5.09. The first-order valence-electron chi connectivity index (χ1n) is 8.15. The van der Waals surface area contributed by atoms with E-state index in [1.165, 1.54) is 24.0 Å². The summed E-state index contributed by atoms with van der Waals surface area (Å²) in [4.78, 5) is 12.4. The molecule has 116 valence electrons. The summed E-state index contributed by atoms with van der Waals surface area (Å²) in [6, 6.07) is 6.14. The number of hydrogen-bond donors (Lipinski definition) is 1. The maximum Gasteiger partial charge on any atom is 0.227 e. The lowest BCUT2D eigenvalue weighted by atomic mass is 9.69. The molecule has 1 fully saturated rings. The van der Waals surface area contributed by atoms with E-state index < -0.39 is 0 Å². The average Bonchev–Trinajstić information content (AvgIpc) is 2.42. The minimum absolute atomic E-state index is 0.185. The Morgan fingerprint density at radius 3 is 2.19 bits per heavy atom. The Hall–Kier alpha value is -1.31. The monoisotopic (exact) mass is 287 g/mol. The Balaban J connectivity index is 1.92. The second kappa shape index (κ2) is 6.21. The van der Waals surface area contributed by atoms with Gasteiger partial charge in [0.25, 0.3) is 0 Å². The third-order valence-corrected chi connectivity index (χ3v) is 5.10. The summed E-state index contributed by atoms with van der Waals surface area (Å²) in [6.07, 6.45) is 4.40. The summed E-state index contributed by atoms with van der Waals surface area (Å²) in [5, 5.41) is 3.09. The van der Waals surface area contributed by atoms with E-state index in [0.29, 0.717) is 5.41 Å². The summed E-state index contributed by atoms with van der Waals surface area (Å²) in [7, 11) is 0. The highest BCUT2D eigenvalue weighted by molar-refractivity contribution is 5.92. The molecule has 0 bridgehead atoms. The summed E-state index contributed by atoms with van der Waals surface area (Å²) in [5.74, 6) is 1.14. The molecule has 1 aromatic rings. The predicted molar refractivity (Wildman–Crippen MR) is 89.4 cm³/mol. The molecule has 1 aromatic carbocycles. The van der Waals surface area contributed by atoms with Crippen LogP contribution >= 0.6 is 0 Å². The van der Waals surface area contributed by atoms with E-state index in [0.717, 1.165) is 24.4 Å². The van der Waals surface area contributed by atoms with E-state index in [1.54, 1.807) is 0 Å². The van der Waals surface area contributed by atoms with Gasteiger partial charge in [0.15, 0.2) is 0 Å². The number of anilines is 1. The summed E-state index contributed by atoms with van der Waals surface area (Å²) >= 11 is 0. The summed E-state index contributed by atoms with van der Waals surface area (Å²) in [5.41, 5.74) is 3.79. The topological polar surface area (TPSA) is 29.1 Å². The van der Waals surface area contributed by atoms with Gasteiger partial charge >= 0.3 is 0 Å². The van der Waals surface area contributed by atoms with Crippen LogP contribution in [0.1, 0.15) is 57.6 Å². The Bertz CT molecular complexity index is 505. The third kappa shape index (κ3) is 4.09. The standard InChI is InChI=1S/C19H29NO/c1-13-6-11-17(12-14(13)2)20-18(21)15-7-9-16(10-8-15)19(3,4)5/h6,11-12,15-16H,7-10H2,1-5H3,(H,20,21). The number of benzene rings is 1. The molecule has 2 nitrogen and oxygen atoms in total. The van der Waals surface area contributed by atoms with Crippen molar-refractivity contribution in [3.8, 4) is 0 Å².